The molecule has 2 N–H and O–H groups in total. The van der Waals surface area contributed by atoms with Gasteiger partial charge in [0.1, 0.15) is 5.76 Å². The zero-order valence-corrected chi connectivity index (χ0v) is 18.3. The predicted octanol–water partition coefficient (Wildman–Crippen LogP) is 3.57. The van der Waals surface area contributed by atoms with E-state index < -0.39 is 10.0 Å². The number of benzene rings is 2. The third-order valence-corrected chi connectivity index (χ3v) is 7.65. The minimum Gasteiger partial charge on any atom is -0.451 e. The summed E-state index contributed by atoms with van der Waals surface area (Å²) in [5.74, 6) is 1.08. The summed E-state index contributed by atoms with van der Waals surface area (Å²) in [5, 5.41) is 3.13. The average molecular weight is 452 g/mol. The number of nitrogens with one attached hydrogen (secondary N) is 2. The van der Waals surface area contributed by atoms with E-state index >= 15 is 0 Å². The highest BCUT2D eigenvalue weighted by Gasteiger charge is 2.35. The largest absolute Gasteiger partial charge is 0.451 e. The van der Waals surface area contributed by atoms with E-state index in [0.29, 0.717) is 22.9 Å². The maximum Gasteiger partial charge on any atom is 0.287 e. The van der Waals surface area contributed by atoms with Gasteiger partial charge in [-0.2, -0.15) is 0 Å². The zero-order chi connectivity index (χ0) is 22.1. The summed E-state index contributed by atoms with van der Waals surface area (Å²) in [6.07, 6.45) is 2.25. The van der Waals surface area contributed by atoms with Crippen molar-refractivity contribution in [3.8, 4) is 11.3 Å². The highest BCUT2D eigenvalue weighted by molar-refractivity contribution is 7.92. The lowest BCUT2D eigenvalue weighted by molar-refractivity contribution is 0.0606. The van der Waals surface area contributed by atoms with E-state index in [1.165, 1.54) is 0 Å². The molecule has 0 spiro atoms. The van der Waals surface area contributed by atoms with Crippen LogP contribution in [0, 0.1) is 5.92 Å². The topological polar surface area (TPSA) is 91.7 Å². The first kappa shape index (κ1) is 20.8. The van der Waals surface area contributed by atoms with Crippen LogP contribution in [0.25, 0.3) is 11.3 Å². The summed E-state index contributed by atoms with van der Waals surface area (Å²) in [7, 11) is -3.69. The molecule has 3 aliphatic heterocycles. The van der Waals surface area contributed by atoms with Crippen LogP contribution >= 0.6 is 0 Å². The van der Waals surface area contributed by atoms with Crippen LogP contribution in [0.4, 0.5) is 5.69 Å². The molecule has 3 aromatic rings. The fourth-order valence-electron chi connectivity index (χ4n) is 4.53. The number of carbonyl (C=O) groups excluding carboxylic acids is 1. The smallest absolute Gasteiger partial charge is 0.287 e. The van der Waals surface area contributed by atoms with E-state index in [4.69, 9.17) is 4.42 Å². The molecular formula is C24H25N3O4S. The monoisotopic (exact) mass is 451 g/mol. The Balaban J connectivity index is 1.29. The summed E-state index contributed by atoms with van der Waals surface area (Å²) in [6, 6.07) is 18.7. The number of amides is 1. The van der Waals surface area contributed by atoms with Crippen LogP contribution in [-0.2, 0) is 10.0 Å². The molecule has 166 valence electrons. The highest BCUT2D eigenvalue weighted by Crippen LogP contribution is 2.29. The van der Waals surface area contributed by atoms with Gasteiger partial charge in [-0.15, -0.1) is 0 Å². The fourth-order valence-corrected chi connectivity index (χ4v) is 5.60. The molecule has 2 bridgehead atoms. The first-order chi connectivity index (χ1) is 15.5. The van der Waals surface area contributed by atoms with Gasteiger partial charge in [0, 0.05) is 23.8 Å². The molecule has 3 aliphatic rings. The average Bonchev–Trinajstić information content (AvgIpc) is 3.31. The molecule has 3 fully saturated rings. The number of rotatable bonds is 6. The van der Waals surface area contributed by atoms with Gasteiger partial charge in [0.05, 0.1) is 4.90 Å². The molecule has 0 aliphatic carbocycles. The van der Waals surface area contributed by atoms with Crippen LogP contribution in [-0.4, -0.2) is 44.9 Å². The molecule has 1 aromatic heterocycles. The van der Waals surface area contributed by atoms with Crippen molar-refractivity contribution in [3.05, 3.63) is 72.5 Å². The molecule has 0 radical (unpaired) electrons. The molecular weight excluding hydrogens is 426 g/mol. The number of hydrogen-bond donors (Lipinski definition) is 2. The molecule has 6 rings (SSSR count). The van der Waals surface area contributed by atoms with Gasteiger partial charge < -0.3 is 14.6 Å². The van der Waals surface area contributed by atoms with Gasteiger partial charge in [-0.25, -0.2) is 8.42 Å². The molecule has 7 nitrogen and oxygen atoms in total. The van der Waals surface area contributed by atoms with Gasteiger partial charge in [0.25, 0.3) is 15.9 Å². The van der Waals surface area contributed by atoms with Crippen molar-refractivity contribution in [2.24, 2.45) is 5.92 Å². The van der Waals surface area contributed by atoms with E-state index in [1.807, 2.05) is 6.07 Å². The number of furan rings is 1. The van der Waals surface area contributed by atoms with Crippen LogP contribution in [0.1, 0.15) is 23.4 Å². The Kier molecular flexibility index (Phi) is 5.48. The number of piperidine rings is 3. The van der Waals surface area contributed by atoms with Crippen molar-refractivity contribution < 1.29 is 17.6 Å². The molecule has 0 saturated carbocycles. The van der Waals surface area contributed by atoms with Crippen molar-refractivity contribution in [1.82, 2.24) is 10.2 Å². The maximum atomic E-state index is 12.7. The van der Waals surface area contributed by atoms with Crippen molar-refractivity contribution in [2.75, 3.05) is 24.4 Å². The molecule has 8 heteroatoms. The Morgan fingerprint density at radius 2 is 1.75 bits per heavy atom. The van der Waals surface area contributed by atoms with Gasteiger partial charge >= 0.3 is 0 Å². The summed E-state index contributed by atoms with van der Waals surface area (Å²) < 4.78 is 33.6. The second-order valence-electron chi connectivity index (χ2n) is 8.38. The van der Waals surface area contributed by atoms with Crippen LogP contribution in [0.2, 0.25) is 0 Å². The van der Waals surface area contributed by atoms with E-state index in [0.717, 1.165) is 32.5 Å². The molecule has 1 amide bonds. The number of nitrogens with zero attached hydrogens (tertiary/aromatic N) is 1. The lowest BCUT2D eigenvalue weighted by Gasteiger charge is -2.44. The van der Waals surface area contributed by atoms with E-state index in [-0.39, 0.29) is 22.6 Å². The zero-order valence-electron chi connectivity index (χ0n) is 17.5. The van der Waals surface area contributed by atoms with Crippen LogP contribution in [0.15, 0.2) is 76.0 Å². The molecule has 3 saturated heterocycles. The van der Waals surface area contributed by atoms with Gasteiger partial charge in [-0.1, -0.05) is 30.3 Å². The quantitative estimate of drug-likeness (QED) is 0.598. The Morgan fingerprint density at radius 3 is 2.47 bits per heavy atom. The summed E-state index contributed by atoms with van der Waals surface area (Å²) in [6.45, 7) is 3.13. The normalized spacial score (nSPS) is 22.4. The van der Waals surface area contributed by atoms with Crippen molar-refractivity contribution in [1.29, 1.82) is 0 Å². The van der Waals surface area contributed by atoms with Crippen LogP contribution in [0.3, 0.4) is 0 Å². The Hall–Kier alpha value is -3.10. The van der Waals surface area contributed by atoms with Gasteiger partial charge in [-0.3, -0.25) is 9.52 Å². The number of hydrogen-bond acceptors (Lipinski definition) is 5. The summed E-state index contributed by atoms with van der Waals surface area (Å²) in [5.41, 5.74) is 1.10. The van der Waals surface area contributed by atoms with Crippen LogP contribution < -0.4 is 10.0 Å². The molecule has 1 atom stereocenters. The highest BCUT2D eigenvalue weighted by atomic mass is 32.2. The molecule has 4 heterocycles. The Labute approximate surface area is 187 Å². The van der Waals surface area contributed by atoms with Crippen molar-refractivity contribution in [2.45, 2.75) is 23.8 Å². The van der Waals surface area contributed by atoms with E-state index in [9.17, 15) is 13.2 Å². The predicted molar refractivity (Wildman–Crippen MR) is 122 cm³/mol. The SMILES string of the molecule is O=C(N[C@H]1CN2CCC1CC2)c1ccc(-c2cccc(NS(=O)(=O)c3ccccc3)c2)o1. The third-order valence-electron chi connectivity index (χ3n) is 6.26. The van der Waals surface area contributed by atoms with Gasteiger partial charge in [0.15, 0.2) is 5.76 Å². The number of carbonyl (C=O) groups is 1. The molecule has 0 unspecified atom stereocenters. The number of sulfonamides is 1. The van der Waals surface area contributed by atoms with Crippen molar-refractivity contribution >= 4 is 21.6 Å². The minimum absolute atomic E-state index is 0.161. The summed E-state index contributed by atoms with van der Waals surface area (Å²) >= 11 is 0. The minimum atomic E-state index is -3.69. The maximum absolute atomic E-state index is 12.7. The lowest BCUT2D eigenvalue weighted by Crippen LogP contribution is -2.57. The van der Waals surface area contributed by atoms with Gasteiger partial charge in [0.2, 0.25) is 0 Å². The van der Waals surface area contributed by atoms with E-state index in [2.05, 4.69) is 14.9 Å². The molecule has 32 heavy (non-hydrogen) atoms. The number of fused-ring (bicyclic) bond motifs is 3. The Morgan fingerprint density at radius 1 is 0.969 bits per heavy atom. The first-order valence-electron chi connectivity index (χ1n) is 10.8. The third kappa shape index (κ3) is 4.28. The second kappa shape index (κ2) is 8.44. The van der Waals surface area contributed by atoms with Crippen LogP contribution in [0.5, 0.6) is 0 Å². The standard InChI is InChI=1S/C24H25N3O4S/c28-24(25-21-16-27-13-11-17(21)12-14-27)23-10-9-22(31-23)18-5-4-6-19(15-18)26-32(29,30)20-7-2-1-3-8-20/h1-10,15,17,21,26H,11-14,16H2,(H,25,28)/t21-/m0/s1. The van der Waals surface area contributed by atoms with Gasteiger partial charge in [-0.05, 0) is 68.2 Å². The number of anilines is 1. The summed E-state index contributed by atoms with van der Waals surface area (Å²) in [4.78, 5) is 15.3. The fraction of sp³-hybridized carbons (Fsp3) is 0.292. The van der Waals surface area contributed by atoms with E-state index in [1.54, 1.807) is 60.7 Å². The Bertz CT molecular complexity index is 1210. The second-order valence-corrected chi connectivity index (χ2v) is 10.1. The first-order valence-corrected chi connectivity index (χ1v) is 12.3. The lowest BCUT2D eigenvalue weighted by atomic mass is 9.84. The molecule has 2 aromatic carbocycles. The van der Waals surface area contributed by atoms with Crippen molar-refractivity contribution in [3.63, 3.8) is 0 Å².